The van der Waals surface area contributed by atoms with Gasteiger partial charge in [0.1, 0.15) is 9.79 Å². The van der Waals surface area contributed by atoms with Crippen molar-refractivity contribution in [3.05, 3.63) is 130 Å². The van der Waals surface area contributed by atoms with Crippen LogP contribution in [0.2, 0.25) is 0 Å². The summed E-state index contributed by atoms with van der Waals surface area (Å²) in [5.74, 6) is -1.86. The number of hydrogen-bond donors (Lipinski definition) is 2. The van der Waals surface area contributed by atoms with Crippen molar-refractivity contribution in [3.63, 3.8) is 0 Å². The normalized spacial score (nSPS) is 15.7. The quantitative estimate of drug-likeness (QED) is 0.0837. The molecule has 312 valence electrons. The molecule has 0 unspecified atom stereocenters. The molecule has 2 N–H and O–H groups in total. The molecule has 0 radical (unpaired) electrons. The van der Waals surface area contributed by atoms with Crippen LogP contribution < -0.4 is 10.9 Å². The van der Waals surface area contributed by atoms with Crippen LogP contribution in [-0.4, -0.2) is 22.2 Å². The fourth-order valence-corrected chi connectivity index (χ4v) is 5.60. The van der Waals surface area contributed by atoms with Gasteiger partial charge in [-0.25, -0.2) is 0 Å². The molecule has 0 fully saturated rings. The van der Waals surface area contributed by atoms with Crippen LogP contribution in [0.1, 0.15) is 43.0 Å². The number of halogens is 17. The van der Waals surface area contributed by atoms with Crippen molar-refractivity contribution < 1.29 is 48.4 Å². The SMILES string of the molecule is Cc1ccccc1/C(Cl)=N/N=C(\Cl)c1cccc(S(F)(F)(F)(F)F)c1.Cc1ccccc1C(=O)NNC(=O)c1cccc(S(F)(F)(F)(F)F)c1.ClP(Cl)(Cl)(Cl)Cl. The summed E-state index contributed by atoms with van der Waals surface area (Å²) in [6.07, 6.45) is 0. The number of hydrogen-bond acceptors (Lipinski definition) is 4. The molecule has 0 aromatic heterocycles. The van der Waals surface area contributed by atoms with E-state index < -0.39 is 56.2 Å². The van der Waals surface area contributed by atoms with Gasteiger partial charge in [0.25, 0.3) is 11.8 Å². The average Bonchev–Trinajstić information content (AvgIpc) is 3.03. The van der Waals surface area contributed by atoms with E-state index in [0.29, 0.717) is 17.2 Å². The minimum absolute atomic E-state index is 0.0385. The predicted molar refractivity (Wildman–Crippen MR) is 214 cm³/mol. The van der Waals surface area contributed by atoms with E-state index in [1.165, 1.54) is 6.07 Å². The molecule has 0 aliphatic carbocycles. The van der Waals surface area contributed by atoms with Gasteiger partial charge in [-0.15, -0.1) is 10.2 Å². The van der Waals surface area contributed by atoms with E-state index in [9.17, 15) is 48.4 Å². The number of nitrogens with zero attached hydrogens (tertiary/aromatic N) is 2. The molecular weight excluding hydrogens is 982 g/mol. The fourth-order valence-electron chi connectivity index (χ4n) is 3.83. The summed E-state index contributed by atoms with van der Waals surface area (Å²) in [5, 5.41) is 6.61. The summed E-state index contributed by atoms with van der Waals surface area (Å²) in [5.41, 5.74) is 5.08. The van der Waals surface area contributed by atoms with Crippen LogP contribution >= 0.6 is 103 Å². The zero-order chi connectivity index (χ0) is 43.3. The second-order valence-electron chi connectivity index (χ2n) is 11.0. The topological polar surface area (TPSA) is 82.9 Å². The van der Waals surface area contributed by atoms with Gasteiger partial charge in [-0.1, -0.05) is 123 Å². The van der Waals surface area contributed by atoms with Gasteiger partial charge in [0, 0.05) is 22.3 Å². The van der Waals surface area contributed by atoms with E-state index in [2.05, 4.69) is 10.2 Å². The first-order valence-corrected chi connectivity index (χ1v) is 25.7. The molecule has 0 heterocycles. The Hall–Kier alpha value is -2.38. The predicted octanol–water partition coefficient (Wildman–Crippen LogP) is 16.3. The molecule has 4 aromatic carbocycles. The molecular formula is C30H24Cl7F10N4O2PS2. The van der Waals surface area contributed by atoms with Gasteiger partial charge in [-0.2, -0.15) is 0 Å². The van der Waals surface area contributed by atoms with Crippen LogP contribution in [0.15, 0.2) is 117 Å². The summed E-state index contributed by atoms with van der Waals surface area (Å²) in [7, 11) is -19.7. The summed E-state index contributed by atoms with van der Waals surface area (Å²) in [4.78, 5) is 19.5. The van der Waals surface area contributed by atoms with Crippen molar-refractivity contribution in [3.8, 4) is 0 Å². The van der Waals surface area contributed by atoms with E-state index in [1.54, 1.807) is 56.3 Å². The molecule has 4 rings (SSSR count). The van der Waals surface area contributed by atoms with E-state index in [4.69, 9.17) is 79.4 Å². The van der Waals surface area contributed by atoms with Gasteiger partial charge in [0.05, 0.1) is 0 Å². The molecule has 0 aliphatic heterocycles. The Balaban J connectivity index is 0.000000338. The standard InChI is InChI=1S/C15H11Cl2F5N2S.C15H13F5N2O2S.Cl5P/c1-10-5-2-3-8-13(10)15(17)24-23-14(16)11-6-4-7-12(9-11)25(18,19,20,21)22;1-10-5-2-3-8-13(10)15(24)22-21-14(23)11-6-4-7-12(9-11)25(16,17,18,19)20;1-6(2,3,4)5/h2-9H,1H3;2-9H,1H3,(H,21,23)(H,22,24);/b23-14-,24-15-;;. The number of carbonyl (C=O) groups is 2. The Morgan fingerprint density at radius 1 is 0.518 bits per heavy atom. The fraction of sp³-hybridized carbons (Fsp3) is 0.0667. The number of aryl methyl sites for hydroxylation is 2. The first kappa shape index (κ1) is 49.8. The van der Waals surface area contributed by atoms with Crippen LogP contribution in [-0.2, 0) is 0 Å². The van der Waals surface area contributed by atoms with Gasteiger partial charge < -0.3 is 0 Å². The van der Waals surface area contributed by atoms with Crippen molar-refractivity contribution in [2.75, 3.05) is 0 Å². The number of amides is 2. The van der Waals surface area contributed by atoms with Gasteiger partial charge in [-0.3, -0.25) is 20.4 Å². The third-order valence-corrected chi connectivity index (χ3v) is 9.19. The van der Waals surface area contributed by atoms with Gasteiger partial charge in [0.2, 0.25) is 0 Å². The Bertz CT molecular complexity index is 2200. The second-order valence-corrected chi connectivity index (χ2v) is 33.1. The molecule has 0 saturated carbocycles. The van der Waals surface area contributed by atoms with Crippen molar-refractivity contribution in [1.29, 1.82) is 0 Å². The monoisotopic (exact) mass is 1000 g/mol. The Morgan fingerprint density at radius 3 is 1.30 bits per heavy atom. The van der Waals surface area contributed by atoms with Crippen LogP contribution in [0.3, 0.4) is 0 Å². The molecule has 0 atom stereocenters. The van der Waals surface area contributed by atoms with E-state index in [0.717, 1.165) is 23.8 Å². The van der Waals surface area contributed by atoms with Gasteiger partial charge in [0.15, 0.2) is 10.3 Å². The zero-order valence-corrected chi connectivity index (χ0v) is 35.5. The van der Waals surface area contributed by atoms with Crippen molar-refractivity contribution in [2.24, 2.45) is 10.2 Å². The minimum atomic E-state index is -9.89. The summed E-state index contributed by atoms with van der Waals surface area (Å²) >= 11 is 36.6. The summed E-state index contributed by atoms with van der Waals surface area (Å²) in [6.45, 7) is 3.42. The van der Waals surface area contributed by atoms with Crippen molar-refractivity contribution >= 4 is 125 Å². The maximum atomic E-state index is 12.8. The Morgan fingerprint density at radius 2 is 0.875 bits per heavy atom. The van der Waals surface area contributed by atoms with E-state index in [1.807, 2.05) is 10.9 Å². The third kappa shape index (κ3) is 18.0. The Kier molecular flexibility index (Phi) is 14.2. The zero-order valence-electron chi connectivity index (χ0n) is 27.6. The number of nitrogens with one attached hydrogen (secondary N) is 2. The second kappa shape index (κ2) is 16.0. The molecule has 4 aromatic rings. The molecule has 2 amide bonds. The average molecular weight is 1010 g/mol. The molecule has 56 heavy (non-hydrogen) atoms. The molecule has 0 aliphatic rings. The van der Waals surface area contributed by atoms with Crippen LogP contribution in [0, 0.1) is 13.8 Å². The van der Waals surface area contributed by atoms with Gasteiger partial charge in [-0.05, 0) is 61.4 Å². The van der Waals surface area contributed by atoms with Crippen molar-refractivity contribution in [1.82, 2.24) is 10.9 Å². The van der Waals surface area contributed by atoms with Crippen LogP contribution in [0.5, 0.6) is 0 Å². The van der Waals surface area contributed by atoms with Crippen LogP contribution in [0.25, 0.3) is 0 Å². The number of benzene rings is 4. The van der Waals surface area contributed by atoms with Crippen molar-refractivity contribution in [2.45, 2.75) is 23.6 Å². The summed E-state index contributed by atoms with van der Waals surface area (Å²) < 4.78 is 124. The molecule has 26 heteroatoms. The molecule has 0 bridgehead atoms. The van der Waals surface area contributed by atoms with Gasteiger partial charge >= 0.3 is 80.0 Å². The Labute approximate surface area is 346 Å². The van der Waals surface area contributed by atoms with E-state index >= 15 is 0 Å². The molecule has 6 nitrogen and oxygen atoms in total. The maximum absolute atomic E-state index is 12.8. The first-order valence-electron chi connectivity index (χ1n) is 14.3. The van der Waals surface area contributed by atoms with E-state index in [-0.39, 0.29) is 40.6 Å². The van der Waals surface area contributed by atoms with Crippen LogP contribution in [0.4, 0.5) is 38.9 Å². The number of rotatable bonds is 7. The number of hydrazine groups is 1. The number of carbonyl (C=O) groups excluding carboxylic acids is 2. The molecule has 0 saturated heterocycles. The first-order chi connectivity index (χ1) is 24.8. The summed E-state index contributed by atoms with van der Waals surface area (Å²) in [6, 6.07) is 17.6. The third-order valence-electron chi connectivity index (χ3n) is 6.33. The molecule has 0 spiro atoms.